The van der Waals surface area contributed by atoms with Gasteiger partial charge in [-0.3, -0.25) is 9.59 Å². The Bertz CT molecular complexity index is 267. The Labute approximate surface area is 95.4 Å². The van der Waals surface area contributed by atoms with E-state index in [9.17, 15) is 9.59 Å². The number of amides is 1. The number of carboxylic acids is 1. The lowest BCUT2D eigenvalue weighted by Gasteiger charge is -2.23. The maximum Gasteiger partial charge on any atom is 0.308 e. The summed E-state index contributed by atoms with van der Waals surface area (Å²) in [4.78, 5) is 24.3. The number of hydrogen-bond donors (Lipinski definition) is 1. The third kappa shape index (κ3) is 2.95. The monoisotopic (exact) mass is 229 g/mol. The van der Waals surface area contributed by atoms with Crippen LogP contribution in [0.3, 0.4) is 0 Å². The van der Waals surface area contributed by atoms with Gasteiger partial charge in [0, 0.05) is 19.2 Å². The molecule has 1 N–H and O–H groups in total. The van der Waals surface area contributed by atoms with E-state index >= 15 is 0 Å². The Morgan fingerprint density at radius 1 is 1.50 bits per heavy atom. The van der Waals surface area contributed by atoms with Crippen LogP contribution in [-0.2, 0) is 14.3 Å². The normalized spacial score (nSPS) is 24.8. The number of likely N-dealkylation sites (tertiary alicyclic amines) is 1. The molecule has 0 aromatic heterocycles. The number of ether oxygens (including phenoxy) is 1. The highest BCUT2D eigenvalue weighted by molar-refractivity contribution is 5.79. The number of rotatable bonds is 5. The molecule has 5 nitrogen and oxygen atoms in total. The van der Waals surface area contributed by atoms with Gasteiger partial charge in [-0.05, 0) is 20.3 Å². The summed E-state index contributed by atoms with van der Waals surface area (Å²) in [6.07, 6.45) is 0.890. The van der Waals surface area contributed by atoms with Crippen LogP contribution >= 0.6 is 0 Å². The predicted octanol–water partition coefficient (Wildman–Crippen LogP) is 0.735. The molecular formula is C11H19NO4. The summed E-state index contributed by atoms with van der Waals surface area (Å²) in [6, 6.07) is -0.202. The van der Waals surface area contributed by atoms with E-state index in [2.05, 4.69) is 0 Å². The Morgan fingerprint density at radius 2 is 2.19 bits per heavy atom. The minimum Gasteiger partial charge on any atom is -0.481 e. The molecule has 2 unspecified atom stereocenters. The highest BCUT2D eigenvalue weighted by atomic mass is 16.5. The van der Waals surface area contributed by atoms with Crippen molar-refractivity contribution in [3.8, 4) is 0 Å². The van der Waals surface area contributed by atoms with Gasteiger partial charge in [-0.25, -0.2) is 0 Å². The summed E-state index contributed by atoms with van der Waals surface area (Å²) < 4.78 is 5.11. The van der Waals surface area contributed by atoms with E-state index in [1.807, 2.05) is 6.92 Å². The molecule has 1 heterocycles. The first kappa shape index (κ1) is 13.0. The van der Waals surface area contributed by atoms with Gasteiger partial charge in [0.2, 0.25) is 5.91 Å². The topological polar surface area (TPSA) is 66.8 Å². The Balaban J connectivity index is 2.43. The average molecular weight is 229 g/mol. The van der Waals surface area contributed by atoms with E-state index in [1.165, 1.54) is 0 Å². The molecule has 1 amide bonds. The van der Waals surface area contributed by atoms with Crippen molar-refractivity contribution in [3.63, 3.8) is 0 Å². The maximum absolute atomic E-state index is 11.8. The van der Waals surface area contributed by atoms with Crippen LogP contribution in [0.4, 0.5) is 0 Å². The van der Waals surface area contributed by atoms with Crippen molar-refractivity contribution < 1.29 is 19.4 Å². The molecular weight excluding hydrogens is 210 g/mol. The molecule has 0 bridgehead atoms. The van der Waals surface area contributed by atoms with Crippen LogP contribution < -0.4 is 0 Å². The molecule has 0 radical (unpaired) electrons. The summed E-state index contributed by atoms with van der Waals surface area (Å²) in [5, 5.41) is 8.93. The van der Waals surface area contributed by atoms with Gasteiger partial charge in [0.15, 0.2) is 0 Å². The molecule has 0 aromatic carbocycles. The van der Waals surface area contributed by atoms with Crippen LogP contribution in [-0.4, -0.2) is 47.7 Å². The highest BCUT2D eigenvalue weighted by Crippen LogP contribution is 2.24. The van der Waals surface area contributed by atoms with E-state index in [-0.39, 0.29) is 11.9 Å². The summed E-state index contributed by atoms with van der Waals surface area (Å²) in [5.41, 5.74) is 0. The van der Waals surface area contributed by atoms with E-state index in [0.29, 0.717) is 32.6 Å². The average Bonchev–Trinajstić information content (AvgIpc) is 2.60. The first-order chi connectivity index (χ1) is 7.57. The van der Waals surface area contributed by atoms with Gasteiger partial charge >= 0.3 is 5.97 Å². The fourth-order valence-corrected chi connectivity index (χ4v) is 2.07. The van der Waals surface area contributed by atoms with E-state index < -0.39 is 11.9 Å². The molecule has 92 valence electrons. The second-order valence-electron chi connectivity index (χ2n) is 4.01. The van der Waals surface area contributed by atoms with Crippen LogP contribution in [0.5, 0.6) is 0 Å². The quantitative estimate of drug-likeness (QED) is 0.706. The first-order valence-corrected chi connectivity index (χ1v) is 5.68. The van der Waals surface area contributed by atoms with Gasteiger partial charge in [-0.1, -0.05) is 0 Å². The highest BCUT2D eigenvalue weighted by Gasteiger charge is 2.37. The third-order valence-electron chi connectivity index (χ3n) is 3.06. The van der Waals surface area contributed by atoms with E-state index in [1.54, 1.807) is 11.8 Å². The van der Waals surface area contributed by atoms with E-state index in [0.717, 1.165) is 0 Å². The third-order valence-corrected chi connectivity index (χ3v) is 3.06. The smallest absolute Gasteiger partial charge is 0.308 e. The lowest BCUT2D eigenvalue weighted by atomic mass is 10.0. The minimum atomic E-state index is -0.812. The minimum absolute atomic E-state index is 0.00954. The lowest BCUT2D eigenvalue weighted by Crippen LogP contribution is -2.38. The summed E-state index contributed by atoms with van der Waals surface area (Å²) >= 11 is 0. The number of hydrogen-bond acceptors (Lipinski definition) is 3. The number of aliphatic carboxylic acids is 1. The lowest BCUT2D eigenvalue weighted by molar-refractivity contribution is -0.143. The number of carboxylic acid groups (broad SMARTS) is 1. The number of nitrogens with zero attached hydrogens (tertiary/aromatic N) is 1. The molecule has 5 heteroatoms. The van der Waals surface area contributed by atoms with Crippen molar-refractivity contribution in [3.05, 3.63) is 0 Å². The largest absolute Gasteiger partial charge is 0.481 e. The molecule has 1 aliphatic rings. The van der Waals surface area contributed by atoms with Gasteiger partial charge in [0.05, 0.1) is 18.9 Å². The van der Waals surface area contributed by atoms with Crippen LogP contribution in [0.2, 0.25) is 0 Å². The van der Waals surface area contributed by atoms with E-state index in [4.69, 9.17) is 9.84 Å². The predicted molar refractivity (Wildman–Crippen MR) is 58.0 cm³/mol. The zero-order valence-corrected chi connectivity index (χ0v) is 9.81. The fraction of sp³-hybridized carbons (Fsp3) is 0.818. The fourth-order valence-electron chi connectivity index (χ4n) is 2.07. The molecule has 0 aromatic rings. The van der Waals surface area contributed by atoms with Gasteiger partial charge < -0.3 is 14.7 Å². The summed E-state index contributed by atoms with van der Waals surface area (Å²) in [5.74, 6) is -1.24. The van der Waals surface area contributed by atoms with Gasteiger partial charge in [0.25, 0.3) is 0 Å². The Morgan fingerprint density at radius 3 is 2.69 bits per heavy atom. The van der Waals surface area contributed by atoms with Crippen LogP contribution in [0, 0.1) is 5.92 Å². The van der Waals surface area contributed by atoms with Gasteiger partial charge in [0.1, 0.15) is 0 Å². The molecule has 1 fully saturated rings. The zero-order chi connectivity index (χ0) is 12.1. The standard InChI is InChI=1S/C11H19NO4/c1-3-16-7-5-10(13)12-6-4-9(8(12)2)11(14)15/h8-9H,3-7H2,1-2H3,(H,14,15). The molecule has 0 saturated carbocycles. The molecule has 2 atom stereocenters. The second kappa shape index (κ2) is 5.84. The Hall–Kier alpha value is -1.10. The SMILES string of the molecule is CCOCCC(=O)N1CCC(C(=O)O)C1C. The summed E-state index contributed by atoms with van der Waals surface area (Å²) in [6.45, 7) is 5.23. The second-order valence-corrected chi connectivity index (χ2v) is 4.01. The molecule has 1 aliphatic heterocycles. The van der Waals surface area contributed by atoms with Crippen molar-refractivity contribution in [1.82, 2.24) is 4.90 Å². The molecule has 0 spiro atoms. The molecule has 1 saturated heterocycles. The van der Waals surface area contributed by atoms with Crippen LogP contribution in [0.15, 0.2) is 0 Å². The molecule has 16 heavy (non-hydrogen) atoms. The van der Waals surface area contributed by atoms with Gasteiger partial charge in [-0.15, -0.1) is 0 Å². The zero-order valence-electron chi connectivity index (χ0n) is 9.81. The van der Waals surface area contributed by atoms with Crippen molar-refractivity contribution in [2.75, 3.05) is 19.8 Å². The number of carbonyl (C=O) groups excluding carboxylic acids is 1. The van der Waals surface area contributed by atoms with Crippen molar-refractivity contribution in [2.24, 2.45) is 5.92 Å². The summed E-state index contributed by atoms with van der Waals surface area (Å²) in [7, 11) is 0. The van der Waals surface area contributed by atoms with Crippen molar-refractivity contribution in [1.29, 1.82) is 0 Å². The van der Waals surface area contributed by atoms with Crippen LogP contribution in [0.1, 0.15) is 26.7 Å². The Kier molecular flexibility index (Phi) is 4.73. The van der Waals surface area contributed by atoms with Gasteiger partial charge in [-0.2, -0.15) is 0 Å². The number of carbonyl (C=O) groups is 2. The van der Waals surface area contributed by atoms with Crippen molar-refractivity contribution in [2.45, 2.75) is 32.7 Å². The maximum atomic E-state index is 11.8. The van der Waals surface area contributed by atoms with Crippen LogP contribution in [0.25, 0.3) is 0 Å². The van der Waals surface area contributed by atoms with Crippen molar-refractivity contribution >= 4 is 11.9 Å². The first-order valence-electron chi connectivity index (χ1n) is 5.68. The molecule has 1 rings (SSSR count). The molecule has 0 aliphatic carbocycles.